The molecule has 1 aromatic rings. The molecule has 102 valence electrons. The molecule has 0 saturated carbocycles. The number of aliphatic hydroxyl groups is 1. The van der Waals surface area contributed by atoms with E-state index in [0.717, 1.165) is 0 Å². The van der Waals surface area contributed by atoms with Crippen molar-refractivity contribution in [2.24, 2.45) is 0 Å². The van der Waals surface area contributed by atoms with Crippen molar-refractivity contribution in [1.29, 1.82) is 0 Å². The summed E-state index contributed by atoms with van der Waals surface area (Å²) < 4.78 is 15.7. The van der Waals surface area contributed by atoms with Crippen molar-refractivity contribution in [1.82, 2.24) is 0 Å². The average Bonchev–Trinajstić information content (AvgIpc) is 2.35. The molecule has 0 radical (unpaired) electrons. The van der Waals surface area contributed by atoms with E-state index in [0.29, 0.717) is 42.8 Å². The lowest BCUT2D eigenvalue weighted by molar-refractivity contribution is 0.0538. The third-order valence-electron chi connectivity index (χ3n) is 2.34. The number of aliphatic hydroxyl groups excluding tert-OH is 1. The Labute approximate surface area is 112 Å². The number of rotatable bonds is 8. The van der Waals surface area contributed by atoms with Gasteiger partial charge in [-0.3, -0.25) is 0 Å². The molecule has 0 unspecified atom stereocenters. The lowest BCUT2D eigenvalue weighted by atomic mass is 10.1. The van der Waals surface area contributed by atoms with Crippen LogP contribution in [0, 0.1) is 0 Å². The molecule has 0 amide bonds. The minimum atomic E-state index is -0.617. The van der Waals surface area contributed by atoms with Crippen molar-refractivity contribution >= 4 is 11.6 Å². The molecule has 1 aromatic carbocycles. The van der Waals surface area contributed by atoms with Gasteiger partial charge < -0.3 is 19.3 Å². The van der Waals surface area contributed by atoms with E-state index >= 15 is 0 Å². The smallest absolute Gasteiger partial charge is 0.125 e. The summed E-state index contributed by atoms with van der Waals surface area (Å²) in [7, 11) is 1.63. The van der Waals surface area contributed by atoms with E-state index in [-0.39, 0.29) is 0 Å². The van der Waals surface area contributed by atoms with Crippen LogP contribution in [-0.4, -0.2) is 38.6 Å². The number of ether oxygens (including phenoxy) is 3. The number of halogens is 1. The Balaban J connectivity index is 2.42. The van der Waals surface area contributed by atoms with E-state index in [2.05, 4.69) is 0 Å². The van der Waals surface area contributed by atoms with E-state index in [1.54, 1.807) is 32.2 Å². The molecule has 0 aliphatic rings. The zero-order valence-corrected chi connectivity index (χ0v) is 11.4. The van der Waals surface area contributed by atoms with Crippen LogP contribution < -0.4 is 4.74 Å². The second-order valence-electron chi connectivity index (χ2n) is 3.81. The van der Waals surface area contributed by atoms with E-state index in [1.807, 2.05) is 0 Å². The lowest BCUT2D eigenvalue weighted by Gasteiger charge is -2.13. The number of hydrogen-bond donors (Lipinski definition) is 1. The normalized spacial score (nSPS) is 12.4. The van der Waals surface area contributed by atoms with Gasteiger partial charge in [0.1, 0.15) is 12.4 Å². The highest BCUT2D eigenvalue weighted by Gasteiger charge is 2.09. The Bertz CT molecular complexity index is 355. The Morgan fingerprint density at radius 1 is 1.22 bits per heavy atom. The third-order valence-corrected chi connectivity index (χ3v) is 2.57. The molecule has 5 heteroatoms. The van der Waals surface area contributed by atoms with Crippen LogP contribution in [0.2, 0.25) is 5.02 Å². The maximum atomic E-state index is 9.62. The predicted molar refractivity (Wildman–Crippen MR) is 70.3 cm³/mol. The van der Waals surface area contributed by atoms with Gasteiger partial charge in [0.2, 0.25) is 0 Å². The quantitative estimate of drug-likeness (QED) is 0.740. The van der Waals surface area contributed by atoms with Gasteiger partial charge in [-0.05, 0) is 25.1 Å². The molecule has 0 aromatic heterocycles. The standard InChI is InChI=1S/C13H19ClO4/c1-10(15)12-9-11(14)3-4-13(12)18-8-7-17-6-5-16-2/h3-4,9-10,15H,5-8H2,1-2H3/t10-/m0/s1. The average molecular weight is 275 g/mol. The molecule has 18 heavy (non-hydrogen) atoms. The van der Waals surface area contributed by atoms with Gasteiger partial charge in [0.25, 0.3) is 0 Å². The zero-order chi connectivity index (χ0) is 13.4. The summed E-state index contributed by atoms with van der Waals surface area (Å²) in [4.78, 5) is 0. The highest BCUT2D eigenvalue weighted by molar-refractivity contribution is 6.30. The highest BCUT2D eigenvalue weighted by atomic mass is 35.5. The summed E-state index contributed by atoms with van der Waals surface area (Å²) in [5.41, 5.74) is 0.680. The molecule has 0 heterocycles. The number of benzene rings is 1. The minimum Gasteiger partial charge on any atom is -0.491 e. The maximum Gasteiger partial charge on any atom is 0.125 e. The summed E-state index contributed by atoms with van der Waals surface area (Å²) in [6.07, 6.45) is -0.617. The van der Waals surface area contributed by atoms with Crippen molar-refractivity contribution in [2.45, 2.75) is 13.0 Å². The van der Waals surface area contributed by atoms with Crippen molar-refractivity contribution in [3.8, 4) is 5.75 Å². The Morgan fingerprint density at radius 3 is 2.61 bits per heavy atom. The molecular weight excluding hydrogens is 256 g/mol. The van der Waals surface area contributed by atoms with Crippen LogP contribution in [-0.2, 0) is 9.47 Å². The fourth-order valence-corrected chi connectivity index (χ4v) is 1.61. The molecule has 0 fully saturated rings. The van der Waals surface area contributed by atoms with E-state index in [1.165, 1.54) is 0 Å². The first-order valence-electron chi connectivity index (χ1n) is 5.82. The molecule has 0 aliphatic carbocycles. The lowest BCUT2D eigenvalue weighted by Crippen LogP contribution is -2.11. The molecule has 0 spiro atoms. The van der Waals surface area contributed by atoms with Gasteiger partial charge in [-0.25, -0.2) is 0 Å². The predicted octanol–water partition coefficient (Wildman–Crippen LogP) is 2.44. The van der Waals surface area contributed by atoms with Crippen LogP contribution in [0.25, 0.3) is 0 Å². The largest absolute Gasteiger partial charge is 0.491 e. The Kier molecular flexibility index (Phi) is 7.05. The van der Waals surface area contributed by atoms with Gasteiger partial charge >= 0.3 is 0 Å². The van der Waals surface area contributed by atoms with Crippen LogP contribution in [0.5, 0.6) is 5.75 Å². The fourth-order valence-electron chi connectivity index (χ4n) is 1.43. The zero-order valence-electron chi connectivity index (χ0n) is 10.7. The SMILES string of the molecule is COCCOCCOc1ccc(Cl)cc1[C@H](C)O. The third kappa shape index (κ3) is 5.23. The van der Waals surface area contributed by atoms with Crippen molar-refractivity contribution in [3.05, 3.63) is 28.8 Å². The second kappa shape index (κ2) is 8.32. The highest BCUT2D eigenvalue weighted by Crippen LogP contribution is 2.28. The van der Waals surface area contributed by atoms with Crippen LogP contribution in [0.1, 0.15) is 18.6 Å². The molecule has 0 aliphatic heterocycles. The van der Waals surface area contributed by atoms with Gasteiger partial charge in [-0.2, -0.15) is 0 Å². The van der Waals surface area contributed by atoms with Crippen molar-refractivity contribution in [2.75, 3.05) is 33.5 Å². The Morgan fingerprint density at radius 2 is 1.94 bits per heavy atom. The van der Waals surface area contributed by atoms with E-state index < -0.39 is 6.10 Å². The first-order valence-corrected chi connectivity index (χ1v) is 6.20. The first-order chi connectivity index (χ1) is 8.65. The number of methoxy groups -OCH3 is 1. The molecule has 1 rings (SSSR count). The van der Waals surface area contributed by atoms with Gasteiger partial charge in [0.05, 0.1) is 25.9 Å². The fraction of sp³-hybridized carbons (Fsp3) is 0.538. The molecule has 0 saturated heterocycles. The summed E-state index contributed by atoms with van der Waals surface area (Å²) in [6.45, 7) is 3.69. The van der Waals surface area contributed by atoms with Crippen LogP contribution in [0.15, 0.2) is 18.2 Å². The van der Waals surface area contributed by atoms with Gasteiger partial charge in [0, 0.05) is 17.7 Å². The molecule has 1 atom stereocenters. The minimum absolute atomic E-state index is 0.422. The Hall–Kier alpha value is -0.810. The van der Waals surface area contributed by atoms with Crippen molar-refractivity contribution in [3.63, 3.8) is 0 Å². The van der Waals surface area contributed by atoms with Gasteiger partial charge in [-0.15, -0.1) is 0 Å². The van der Waals surface area contributed by atoms with E-state index in [9.17, 15) is 5.11 Å². The second-order valence-corrected chi connectivity index (χ2v) is 4.25. The van der Waals surface area contributed by atoms with E-state index in [4.69, 9.17) is 25.8 Å². The molecular formula is C13H19ClO4. The van der Waals surface area contributed by atoms with Crippen LogP contribution in [0.3, 0.4) is 0 Å². The topological polar surface area (TPSA) is 47.9 Å². The molecule has 1 N–H and O–H groups in total. The monoisotopic (exact) mass is 274 g/mol. The summed E-state index contributed by atoms with van der Waals surface area (Å²) in [6, 6.07) is 5.18. The number of hydrogen-bond acceptors (Lipinski definition) is 4. The first kappa shape index (κ1) is 15.2. The van der Waals surface area contributed by atoms with Gasteiger partial charge in [0.15, 0.2) is 0 Å². The molecule has 4 nitrogen and oxygen atoms in total. The summed E-state index contributed by atoms with van der Waals surface area (Å²) in [5.74, 6) is 0.629. The molecule has 0 bridgehead atoms. The van der Waals surface area contributed by atoms with Crippen LogP contribution in [0.4, 0.5) is 0 Å². The summed E-state index contributed by atoms with van der Waals surface area (Å²) in [5, 5.41) is 10.2. The van der Waals surface area contributed by atoms with Crippen molar-refractivity contribution < 1.29 is 19.3 Å². The maximum absolute atomic E-state index is 9.62. The summed E-state index contributed by atoms with van der Waals surface area (Å²) >= 11 is 5.87. The van der Waals surface area contributed by atoms with Crippen LogP contribution >= 0.6 is 11.6 Å². The van der Waals surface area contributed by atoms with Gasteiger partial charge in [-0.1, -0.05) is 11.6 Å².